The normalized spacial score (nSPS) is 14.3. The van der Waals surface area contributed by atoms with Crippen molar-refractivity contribution in [2.75, 3.05) is 4.72 Å². The van der Waals surface area contributed by atoms with Crippen molar-refractivity contribution >= 4 is 37.6 Å². The van der Waals surface area contributed by atoms with Gasteiger partial charge in [-0.2, -0.15) is 0 Å². The lowest BCUT2D eigenvalue weighted by Crippen LogP contribution is -2.14. The van der Waals surface area contributed by atoms with Crippen LogP contribution in [0.5, 0.6) is 11.5 Å². The molecular weight excluding hydrogens is 414 g/mol. The summed E-state index contributed by atoms with van der Waals surface area (Å²) in [5.41, 5.74) is 0.0353. The number of phenols is 2. The van der Waals surface area contributed by atoms with E-state index in [9.17, 15) is 28.5 Å². The standard InChI is InChI=1S/C16H14BrNO6S/c17-10-3-4-13(19)14(7-10)25(23,24)18-12-6-9(8-1-2-8)5-11(15(12)20)16(21)22/h3-8,18-20H,1-2H2,(H,21,22). The zero-order chi connectivity index (χ0) is 18.4. The molecule has 2 aromatic rings. The predicted octanol–water partition coefficient (Wildman–Crippen LogP) is 3.24. The Hall–Kier alpha value is -2.26. The number of carboxylic acid groups (broad SMARTS) is 1. The van der Waals surface area contributed by atoms with Crippen LogP contribution in [0.2, 0.25) is 0 Å². The lowest BCUT2D eigenvalue weighted by Gasteiger charge is -2.14. The summed E-state index contributed by atoms with van der Waals surface area (Å²) >= 11 is 3.13. The van der Waals surface area contributed by atoms with E-state index in [4.69, 9.17) is 0 Å². The number of halogens is 1. The van der Waals surface area contributed by atoms with E-state index in [2.05, 4.69) is 20.7 Å². The van der Waals surface area contributed by atoms with Crippen LogP contribution < -0.4 is 4.72 Å². The van der Waals surface area contributed by atoms with E-state index in [1.165, 1.54) is 30.3 Å². The lowest BCUT2D eigenvalue weighted by molar-refractivity contribution is 0.0693. The number of aromatic hydroxyl groups is 2. The van der Waals surface area contributed by atoms with Crippen LogP contribution in [-0.4, -0.2) is 29.7 Å². The molecule has 1 fully saturated rings. The van der Waals surface area contributed by atoms with Gasteiger partial charge in [0.05, 0.1) is 5.69 Å². The second-order valence-electron chi connectivity index (χ2n) is 5.76. The molecule has 0 radical (unpaired) electrons. The molecule has 0 saturated heterocycles. The molecule has 2 aromatic carbocycles. The maximum atomic E-state index is 12.6. The maximum Gasteiger partial charge on any atom is 0.339 e. The minimum absolute atomic E-state index is 0.154. The molecule has 1 aliphatic carbocycles. The molecule has 0 atom stereocenters. The number of phenolic OH excluding ortho intramolecular Hbond substituents is 1. The highest BCUT2D eigenvalue weighted by Gasteiger charge is 2.29. The molecular formula is C16H14BrNO6S. The number of carbonyl (C=O) groups is 1. The van der Waals surface area contributed by atoms with Gasteiger partial charge in [0, 0.05) is 4.47 Å². The molecule has 0 aromatic heterocycles. The summed E-state index contributed by atoms with van der Waals surface area (Å²) < 4.78 is 27.7. The Bertz CT molecular complexity index is 969. The molecule has 3 rings (SSSR count). The molecule has 9 heteroatoms. The molecule has 0 heterocycles. The van der Waals surface area contributed by atoms with Crippen molar-refractivity contribution in [2.45, 2.75) is 23.7 Å². The van der Waals surface area contributed by atoms with E-state index in [1.807, 2.05) is 0 Å². The number of carboxylic acids is 1. The van der Waals surface area contributed by atoms with Crippen LogP contribution in [0.1, 0.15) is 34.7 Å². The Kier molecular flexibility index (Phi) is 4.38. The number of rotatable bonds is 5. The third-order valence-electron chi connectivity index (χ3n) is 3.87. The third-order valence-corrected chi connectivity index (χ3v) is 5.76. The van der Waals surface area contributed by atoms with Crippen LogP contribution in [0.4, 0.5) is 5.69 Å². The Balaban J connectivity index is 2.07. The SMILES string of the molecule is O=C(O)c1cc(C2CC2)cc(NS(=O)(=O)c2cc(Br)ccc2O)c1O. The summed E-state index contributed by atoms with van der Waals surface area (Å²) in [4.78, 5) is 10.9. The van der Waals surface area contributed by atoms with Gasteiger partial charge in [-0.3, -0.25) is 4.72 Å². The first-order valence-electron chi connectivity index (χ1n) is 7.30. The lowest BCUT2D eigenvalue weighted by atomic mass is 10.0. The van der Waals surface area contributed by atoms with Crippen molar-refractivity contribution in [1.29, 1.82) is 0 Å². The van der Waals surface area contributed by atoms with Crippen molar-refractivity contribution < 1.29 is 28.5 Å². The van der Waals surface area contributed by atoms with E-state index < -0.39 is 32.4 Å². The largest absolute Gasteiger partial charge is 0.507 e. The van der Waals surface area contributed by atoms with Crippen LogP contribution in [-0.2, 0) is 10.0 Å². The van der Waals surface area contributed by atoms with Gasteiger partial charge in [-0.05, 0) is 54.7 Å². The van der Waals surface area contributed by atoms with Crippen molar-refractivity contribution in [2.24, 2.45) is 0 Å². The smallest absolute Gasteiger partial charge is 0.339 e. The van der Waals surface area contributed by atoms with E-state index in [0.717, 1.165) is 12.8 Å². The molecule has 1 saturated carbocycles. The first-order chi connectivity index (χ1) is 11.7. The minimum Gasteiger partial charge on any atom is -0.507 e. The van der Waals surface area contributed by atoms with Gasteiger partial charge in [0.2, 0.25) is 0 Å². The number of nitrogens with one attached hydrogen (secondary N) is 1. The molecule has 1 aliphatic rings. The number of hydrogen-bond acceptors (Lipinski definition) is 5. The molecule has 7 nitrogen and oxygen atoms in total. The quantitative estimate of drug-likeness (QED) is 0.542. The minimum atomic E-state index is -4.24. The van der Waals surface area contributed by atoms with Crippen molar-refractivity contribution in [1.82, 2.24) is 0 Å². The maximum absolute atomic E-state index is 12.6. The number of anilines is 1. The summed E-state index contributed by atoms with van der Waals surface area (Å²) in [6.07, 6.45) is 1.75. The fraction of sp³-hybridized carbons (Fsp3) is 0.188. The number of sulfonamides is 1. The zero-order valence-electron chi connectivity index (χ0n) is 12.7. The van der Waals surface area contributed by atoms with Gasteiger partial charge in [0.25, 0.3) is 10.0 Å². The number of hydrogen-bond donors (Lipinski definition) is 4. The Labute approximate surface area is 152 Å². The highest BCUT2D eigenvalue weighted by molar-refractivity contribution is 9.10. The number of benzene rings is 2. The van der Waals surface area contributed by atoms with E-state index in [0.29, 0.717) is 10.0 Å². The molecule has 0 amide bonds. The van der Waals surface area contributed by atoms with Gasteiger partial charge < -0.3 is 15.3 Å². The Morgan fingerprint density at radius 2 is 1.84 bits per heavy atom. The predicted molar refractivity (Wildman–Crippen MR) is 93.7 cm³/mol. The van der Waals surface area contributed by atoms with Gasteiger partial charge in [-0.15, -0.1) is 0 Å². The second kappa shape index (κ2) is 6.23. The van der Waals surface area contributed by atoms with E-state index >= 15 is 0 Å². The summed E-state index contributed by atoms with van der Waals surface area (Å²) in [6, 6.07) is 6.66. The molecule has 0 bridgehead atoms. The van der Waals surface area contributed by atoms with Gasteiger partial charge in [-0.1, -0.05) is 15.9 Å². The highest BCUT2D eigenvalue weighted by atomic mass is 79.9. The molecule has 25 heavy (non-hydrogen) atoms. The van der Waals surface area contributed by atoms with Crippen LogP contribution in [0.3, 0.4) is 0 Å². The first-order valence-corrected chi connectivity index (χ1v) is 9.58. The summed E-state index contributed by atoms with van der Waals surface area (Å²) in [5.74, 6) is -2.34. The van der Waals surface area contributed by atoms with Crippen LogP contribution in [0, 0.1) is 0 Å². The van der Waals surface area contributed by atoms with Crippen molar-refractivity contribution in [3.63, 3.8) is 0 Å². The summed E-state index contributed by atoms with van der Waals surface area (Å²) in [7, 11) is -4.24. The fourth-order valence-electron chi connectivity index (χ4n) is 2.45. The van der Waals surface area contributed by atoms with Gasteiger partial charge in [-0.25, -0.2) is 13.2 Å². The summed E-state index contributed by atoms with van der Waals surface area (Å²) in [6.45, 7) is 0. The van der Waals surface area contributed by atoms with Crippen LogP contribution in [0.25, 0.3) is 0 Å². The second-order valence-corrected chi connectivity index (χ2v) is 8.33. The third kappa shape index (κ3) is 3.57. The van der Waals surface area contributed by atoms with E-state index in [1.54, 1.807) is 0 Å². The summed E-state index contributed by atoms with van der Waals surface area (Å²) in [5, 5.41) is 29.2. The topological polar surface area (TPSA) is 124 Å². The molecule has 132 valence electrons. The van der Waals surface area contributed by atoms with Crippen molar-refractivity contribution in [3.8, 4) is 11.5 Å². The van der Waals surface area contributed by atoms with Crippen molar-refractivity contribution in [3.05, 3.63) is 45.9 Å². The average Bonchev–Trinajstić information content (AvgIpc) is 3.36. The Morgan fingerprint density at radius 1 is 1.16 bits per heavy atom. The van der Waals surface area contributed by atoms with Crippen LogP contribution in [0.15, 0.2) is 39.7 Å². The number of aromatic carboxylic acids is 1. The fourth-order valence-corrected chi connectivity index (χ4v) is 4.15. The monoisotopic (exact) mass is 427 g/mol. The molecule has 0 unspecified atom stereocenters. The molecule has 4 N–H and O–H groups in total. The molecule has 0 spiro atoms. The first kappa shape index (κ1) is 17.6. The average molecular weight is 428 g/mol. The Morgan fingerprint density at radius 3 is 2.44 bits per heavy atom. The van der Waals surface area contributed by atoms with Gasteiger partial charge in [0.1, 0.15) is 16.2 Å². The van der Waals surface area contributed by atoms with Gasteiger partial charge in [0.15, 0.2) is 5.75 Å². The molecule has 0 aliphatic heterocycles. The zero-order valence-corrected chi connectivity index (χ0v) is 15.1. The highest BCUT2D eigenvalue weighted by Crippen LogP contribution is 2.44. The van der Waals surface area contributed by atoms with Gasteiger partial charge >= 0.3 is 5.97 Å². The van der Waals surface area contributed by atoms with Crippen LogP contribution >= 0.6 is 15.9 Å². The van der Waals surface area contributed by atoms with E-state index in [-0.39, 0.29) is 17.2 Å².